The molecule has 0 radical (unpaired) electrons. The molecule has 2 aromatic carbocycles. The predicted octanol–water partition coefficient (Wildman–Crippen LogP) is 4.87. The number of fused-ring (bicyclic) bond motifs is 1. The molecule has 2 fully saturated rings. The molecule has 1 saturated heterocycles. The van der Waals surface area contributed by atoms with Crippen LogP contribution >= 0.6 is 0 Å². The van der Waals surface area contributed by atoms with Crippen molar-refractivity contribution < 1.29 is 13.2 Å². The number of aryl methyl sites for hydroxylation is 1. The van der Waals surface area contributed by atoms with Gasteiger partial charge >= 0.3 is 6.18 Å². The number of nitrogens with zero attached hydrogens (tertiary/aromatic N) is 6. The van der Waals surface area contributed by atoms with Gasteiger partial charge in [-0.15, -0.1) is 5.10 Å². The summed E-state index contributed by atoms with van der Waals surface area (Å²) in [4.78, 5) is 20.6. The molecule has 0 spiro atoms. The third-order valence-corrected chi connectivity index (χ3v) is 7.97. The maximum atomic E-state index is 13.5. The van der Waals surface area contributed by atoms with E-state index in [9.17, 15) is 18.0 Å². The topological polar surface area (TPSA) is 82.9 Å². The molecule has 1 aliphatic heterocycles. The summed E-state index contributed by atoms with van der Waals surface area (Å²) in [5, 5.41) is 13.7. The quantitative estimate of drug-likeness (QED) is 0.391. The smallest absolute Gasteiger partial charge is 0.369 e. The third kappa shape index (κ3) is 5.03. The molecule has 204 valence electrons. The first-order valence-electron chi connectivity index (χ1n) is 13.4. The number of H-pyrrole nitrogens is 1. The van der Waals surface area contributed by atoms with E-state index in [1.54, 1.807) is 6.07 Å². The van der Waals surface area contributed by atoms with Gasteiger partial charge in [0.25, 0.3) is 5.56 Å². The van der Waals surface area contributed by atoms with Crippen LogP contribution in [0.5, 0.6) is 0 Å². The maximum absolute atomic E-state index is 13.5. The molecule has 6 rings (SSSR count). The molecule has 1 unspecified atom stereocenters. The Bertz CT molecular complexity index is 1530. The molecule has 0 amide bonds. The highest BCUT2D eigenvalue weighted by Crippen LogP contribution is 2.35. The highest BCUT2D eigenvalue weighted by atomic mass is 19.4. The Labute approximate surface area is 223 Å². The molecule has 0 bridgehead atoms. The summed E-state index contributed by atoms with van der Waals surface area (Å²) in [7, 11) is 0. The van der Waals surface area contributed by atoms with Gasteiger partial charge in [0, 0.05) is 42.9 Å². The van der Waals surface area contributed by atoms with E-state index in [1.165, 1.54) is 12.1 Å². The molecule has 8 nitrogen and oxygen atoms in total. The lowest BCUT2D eigenvalue weighted by Crippen LogP contribution is -2.49. The van der Waals surface area contributed by atoms with Crippen LogP contribution in [0, 0.1) is 6.92 Å². The number of alkyl halides is 3. The predicted molar refractivity (Wildman–Crippen MR) is 142 cm³/mol. The highest BCUT2D eigenvalue weighted by molar-refractivity contribution is 5.79. The molecule has 1 saturated carbocycles. The lowest BCUT2D eigenvalue weighted by Gasteiger charge is -2.40. The lowest BCUT2D eigenvalue weighted by atomic mass is 10.0. The number of tetrazole rings is 1. The summed E-state index contributed by atoms with van der Waals surface area (Å²) in [5.41, 5.74) is 2.09. The van der Waals surface area contributed by atoms with Crippen molar-refractivity contribution in [1.82, 2.24) is 30.1 Å². The minimum absolute atomic E-state index is 0.186. The summed E-state index contributed by atoms with van der Waals surface area (Å²) < 4.78 is 41.8. The average molecular weight is 538 g/mol. The fourth-order valence-electron chi connectivity index (χ4n) is 5.95. The van der Waals surface area contributed by atoms with E-state index in [2.05, 4.69) is 25.4 Å². The van der Waals surface area contributed by atoms with Crippen molar-refractivity contribution in [3.05, 3.63) is 81.4 Å². The Balaban J connectivity index is 1.36. The Morgan fingerprint density at radius 2 is 1.77 bits per heavy atom. The summed E-state index contributed by atoms with van der Waals surface area (Å²) >= 11 is 0. The number of hydrogen-bond donors (Lipinski definition) is 1. The van der Waals surface area contributed by atoms with Crippen molar-refractivity contribution in [2.24, 2.45) is 0 Å². The van der Waals surface area contributed by atoms with Crippen LogP contribution in [0.3, 0.4) is 0 Å². The molecule has 39 heavy (non-hydrogen) atoms. The van der Waals surface area contributed by atoms with Gasteiger partial charge in [0.15, 0.2) is 5.82 Å². The van der Waals surface area contributed by atoms with Gasteiger partial charge in [0.1, 0.15) is 6.04 Å². The minimum Gasteiger partial charge on any atom is -0.369 e. The molecule has 1 atom stereocenters. The van der Waals surface area contributed by atoms with Crippen molar-refractivity contribution in [3.63, 3.8) is 0 Å². The number of piperazine rings is 1. The summed E-state index contributed by atoms with van der Waals surface area (Å²) in [6.07, 6.45) is -0.196. The van der Waals surface area contributed by atoms with Crippen LogP contribution in [0.25, 0.3) is 10.9 Å². The Morgan fingerprint density at radius 3 is 2.51 bits per heavy atom. The molecule has 11 heteroatoms. The lowest BCUT2D eigenvalue weighted by molar-refractivity contribution is -0.137. The van der Waals surface area contributed by atoms with Gasteiger partial charge in [0.05, 0.1) is 11.6 Å². The monoisotopic (exact) mass is 537 g/mol. The van der Waals surface area contributed by atoms with Gasteiger partial charge in [0.2, 0.25) is 0 Å². The first kappa shape index (κ1) is 25.5. The van der Waals surface area contributed by atoms with Crippen LogP contribution in [-0.2, 0) is 6.18 Å². The van der Waals surface area contributed by atoms with E-state index in [1.807, 2.05) is 40.8 Å². The van der Waals surface area contributed by atoms with Gasteiger partial charge in [-0.3, -0.25) is 9.69 Å². The molecular formula is C28H30F3N7O. The van der Waals surface area contributed by atoms with E-state index in [-0.39, 0.29) is 11.6 Å². The first-order chi connectivity index (χ1) is 18.8. The van der Waals surface area contributed by atoms with Crippen LogP contribution in [0.4, 0.5) is 18.9 Å². The van der Waals surface area contributed by atoms with Crippen molar-refractivity contribution in [3.8, 4) is 0 Å². The zero-order valence-electron chi connectivity index (χ0n) is 21.7. The summed E-state index contributed by atoms with van der Waals surface area (Å²) in [6.45, 7) is 4.09. The van der Waals surface area contributed by atoms with Crippen LogP contribution < -0.4 is 10.5 Å². The normalized spacial score (nSPS) is 18.2. The number of aromatic nitrogens is 5. The maximum Gasteiger partial charge on any atom is 0.416 e. The zero-order valence-corrected chi connectivity index (χ0v) is 21.7. The second kappa shape index (κ2) is 10.1. The van der Waals surface area contributed by atoms with Gasteiger partial charge in [-0.25, -0.2) is 4.68 Å². The molecular weight excluding hydrogens is 507 g/mol. The van der Waals surface area contributed by atoms with Gasteiger partial charge in [-0.05, 0) is 72.0 Å². The van der Waals surface area contributed by atoms with Gasteiger partial charge in [-0.2, -0.15) is 13.2 Å². The number of pyridine rings is 1. The van der Waals surface area contributed by atoms with Crippen molar-refractivity contribution in [2.75, 3.05) is 31.1 Å². The summed E-state index contributed by atoms with van der Waals surface area (Å²) in [5.74, 6) is 0.631. The highest BCUT2D eigenvalue weighted by Gasteiger charge is 2.35. The number of aromatic amines is 1. The zero-order chi connectivity index (χ0) is 27.1. The number of benzene rings is 2. The van der Waals surface area contributed by atoms with Gasteiger partial charge in [-0.1, -0.05) is 30.5 Å². The molecule has 3 heterocycles. The van der Waals surface area contributed by atoms with E-state index < -0.39 is 17.8 Å². The molecule has 2 aromatic heterocycles. The summed E-state index contributed by atoms with van der Waals surface area (Å²) in [6, 6.07) is 13.0. The van der Waals surface area contributed by atoms with Crippen LogP contribution in [-0.4, -0.2) is 56.3 Å². The number of nitrogens with one attached hydrogen (secondary N) is 1. The van der Waals surface area contributed by atoms with E-state index >= 15 is 0 Å². The van der Waals surface area contributed by atoms with Crippen LogP contribution in [0.2, 0.25) is 0 Å². The van der Waals surface area contributed by atoms with Crippen LogP contribution in [0.15, 0.2) is 53.3 Å². The third-order valence-electron chi connectivity index (χ3n) is 7.97. The van der Waals surface area contributed by atoms with Crippen molar-refractivity contribution >= 4 is 16.6 Å². The van der Waals surface area contributed by atoms with Gasteiger partial charge < -0.3 is 9.88 Å². The molecule has 1 aliphatic carbocycles. The van der Waals surface area contributed by atoms with Crippen LogP contribution in [0.1, 0.15) is 60.3 Å². The Hall–Kier alpha value is -3.73. The van der Waals surface area contributed by atoms with E-state index in [0.717, 1.165) is 48.2 Å². The largest absolute Gasteiger partial charge is 0.416 e. The second-order valence-corrected chi connectivity index (χ2v) is 10.5. The minimum atomic E-state index is -4.39. The van der Waals surface area contributed by atoms with Crippen molar-refractivity contribution in [1.29, 1.82) is 0 Å². The second-order valence-electron chi connectivity index (χ2n) is 10.5. The van der Waals surface area contributed by atoms with E-state index in [4.69, 9.17) is 0 Å². The van der Waals surface area contributed by atoms with E-state index in [0.29, 0.717) is 43.3 Å². The Kier molecular flexibility index (Phi) is 6.62. The molecule has 2 aliphatic rings. The average Bonchev–Trinajstić information content (AvgIpc) is 3.62. The number of halogens is 3. The standard InChI is InChI=1S/C28H30F3N7O/c1-18-9-10-24-19(15-18)16-23(27(39)32-24)25(26-33-34-35-38(26)21-6-2-3-7-21)37-13-11-36(12-14-37)22-8-4-5-20(17-22)28(29,30)31/h4-5,8-10,15-17,21,25H,2-3,6-7,11-14H2,1H3,(H,32,39). The van der Waals surface area contributed by atoms with Crippen molar-refractivity contribution in [2.45, 2.75) is 50.9 Å². The SMILES string of the molecule is Cc1ccc2[nH]c(=O)c(C(c3nnnn3C3CCCC3)N3CCN(c4cccc(C(F)(F)F)c4)CC3)cc2c1. The first-order valence-corrected chi connectivity index (χ1v) is 13.4. The fourth-order valence-corrected chi connectivity index (χ4v) is 5.95. The molecule has 4 aromatic rings. The number of anilines is 1. The number of hydrogen-bond acceptors (Lipinski definition) is 6. The molecule has 1 N–H and O–H groups in total. The number of rotatable bonds is 5. The fraction of sp³-hybridized carbons (Fsp3) is 0.429. The Morgan fingerprint density at radius 1 is 1.00 bits per heavy atom.